The number of methoxy groups -OCH3 is 1. The summed E-state index contributed by atoms with van der Waals surface area (Å²) in [5.41, 5.74) is -3.57. The summed E-state index contributed by atoms with van der Waals surface area (Å²) in [6.45, 7) is 18.7. The molecule has 64 heavy (non-hydrogen) atoms. The summed E-state index contributed by atoms with van der Waals surface area (Å²) in [7, 11) is 5.28. The van der Waals surface area contributed by atoms with E-state index in [-0.39, 0.29) is 56.5 Å². The van der Waals surface area contributed by atoms with Crippen molar-refractivity contribution in [3.8, 4) is 0 Å². The molecule has 2 aliphatic rings. The Kier molecular flexibility index (Phi) is 22.4. The number of hydrogen-bond donors (Lipinski definition) is 7. The summed E-state index contributed by atoms with van der Waals surface area (Å²) in [6.07, 6.45) is -6.76. The van der Waals surface area contributed by atoms with Gasteiger partial charge >= 0.3 is 12.0 Å². The molecule has 3 heterocycles. The van der Waals surface area contributed by atoms with Crippen LogP contribution in [0.5, 0.6) is 0 Å². The number of likely N-dealkylation sites (N-methyl/N-ethyl adjacent to an activating group) is 1. The minimum atomic E-state index is -1.92. The number of amides is 2. The van der Waals surface area contributed by atoms with Crippen molar-refractivity contribution < 1.29 is 68.0 Å². The van der Waals surface area contributed by atoms with E-state index in [1.807, 2.05) is 37.7 Å². The molecular formula is C46H84N4O14. The second-order valence-corrected chi connectivity index (χ2v) is 19.1. The lowest BCUT2D eigenvalue weighted by atomic mass is 9.77. The van der Waals surface area contributed by atoms with Crippen molar-refractivity contribution in [2.24, 2.45) is 17.8 Å². The molecule has 2 fully saturated rings. The molecular weight excluding hydrogens is 833 g/mol. The SMILES string of the molecule is CC[C@H]1OC(=O)[C@H](C)[C@@H](O[C@@H](CCOC)O[C@@H](C)[C@@H](C)O)[C@H](C)[C@@H](O[C@@H]2O[C@H](C)C[C@H](N(C)C)[C@H]2O)[C@](C)(O)C[C@@H](C)CN(CCCNC(=O)NCc2ccco2)[C@H](C)[C@@H](O)[C@]1(C)O. The second kappa shape index (κ2) is 25.6. The third kappa shape index (κ3) is 15.8. The number of carbonyl (C=O) groups excluding carboxylic acids is 2. The molecule has 18 nitrogen and oxygen atoms in total. The number of furan rings is 1. The molecule has 0 bridgehead atoms. The Balaban J connectivity index is 2.10. The van der Waals surface area contributed by atoms with Gasteiger partial charge in [0.05, 0.1) is 61.5 Å². The highest BCUT2D eigenvalue weighted by molar-refractivity contribution is 5.73. The normalized spacial score (nSPS) is 36.6. The van der Waals surface area contributed by atoms with Crippen LogP contribution in [0.3, 0.4) is 0 Å². The van der Waals surface area contributed by atoms with Gasteiger partial charge in [0.25, 0.3) is 0 Å². The van der Waals surface area contributed by atoms with Gasteiger partial charge in [-0.05, 0) is 106 Å². The zero-order valence-corrected chi connectivity index (χ0v) is 40.8. The zero-order valence-electron chi connectivity index (χ0n) is 40.8. The number of nitrogens with one attached hydrogen (secondary N) is 2. The van der Waals surface area contributed by atoms with E-state index >= 15 is 0 Å². The third-order valence-corrected chi connectivity index (χ3v) is 13.1. The van der Waals surface area contributed by atoms with Crippen LogP contribution < -0.4 is 10.6 Å². The molecule has 0 saturated carbocycles. The summed E-state index contributed by atoms with van der Waals surface area (Å²) in [5.74, 6) is -2.27. The third-order valence-electron chi connectivity index (χ3n) is 13.1. The molecule has 2 aliphatic heterocycles. The lowest BCUT2D eigenvalue weighted by Gasteiger charge is -2.47. The second-order valence-electron chi connectivity index (χ2n) is 19.1. The molecule has 1 aromatic heterocycles. The van der Waals surface area contributed by atoms with E-state index in [0.717, 1.165) is 0 Å². The van der Waals surface area contributed by atoms with E-state index in [4.69, 9.17) is 32.8 Å². The maximum absolute atomic E-state index is 14.5. The van der Waals surface area contributed by atoms with Gasteiger partial charge in [-0.3, -0.25) is 9.69 Å². The van der Waals surface area contributed by atoms with Crippen molar-refractivity contribution >= 4 is 12.0 Å². The number of carbonyl (C=O) groups is 2. The molecule has 0 aliphatic carbocycles. The zero-order chi connectivity index (χ0) is 48.1. The molecule has 0 unspecified atom stereocenters. The summed E-state index contributed by atoms with van der Waals surface area (Å²) >= 11 is 0. The topological polar surface area (TPSA) is 234 Å². The molecule has 7 N–H and O–H groups in total. The van der Waals surface area contributed by atoms with Crippen LogP contribution in [0, 0.1) is 17.8 Å². The van der Waals surface area contributed by atoms with Gasteiger partial charge in [0.1, 0.15) is 29.7 Å². The van der Waals surface area contributed by atoms with Gasteiger partial charge in [-0.25, -0.2) is 4.79 Å². The van der Waals surface area contributed by atoms with E-state index in [1.165, 1.54) is 20.3 Å². The fourth-order valence-electron chi connectivity index (χ4n) is 9.17. The maximum Gasteiger partial charge on any atom is 0.315 e. The highest BCUT2D eigenvalue weighted by Crippen LogP contribution is 2.38. The first-order valence-corrected chi connectivity index (χ1v) is 23.2. The number of aliphatic hydroxyl groups is 5. The van der Waals surface area contributed by atoms with E-state index in [9.17, 15) is 35.1 Å². The Morgan fingerprint density at radius 3 is 2.38 bits per heavy atom. The molecule has 17 atom stereocenters. The predicted molar refractivity (Wildman–Crippen MR) is 239 cm³/mol. The smallest absolute Gasteiger partial charge is 0.315 e. The molecule has 0 aromatic carbocycles. The first kappa shape index (κ1) is 55.9. The van der Waals surface area contributed by atoms with Crippen molar-refractivity contribution in [1.82, 2.24) is 20.4 Å². The molecule has 2 saturated heterocycles. The summed E-state index contributed by atoms with van der Waals surface area (Å²) in [5, 5.41) is 64.6. The monoisotopic (exact) mass is 917 g/mol. The molecule has 0 spiro atoms. The molecule has 1 aromatic rings. The van der Waals surface area contributed by atoms with Crippen LogP contribution in [0.4, 0.5) is 4.79 Å². The van der Waals surface area contributed by atoms with Crippen LogP contribution in [0.1, 0.15) is 107 Å². The van der Waals surface area contributed by atoms with Crippen molar-refractivity contribution in [2.75, 3.05) is 47.4 Å². The highest BCUT2D eigenvalue weighted by Gasteiger charge is 2.51. The number of ether oxygens (including phenoxy) is 6. The number of hydrogen-bond acceptors (Lipinski definition) is 16. The van der Waals surface area contributed by atoms with Gasteiger partial charge in [0.15, 0.2) is 12.6 Å². The maximum atomic E-state index is 14.5. The quantitative estimate of drug-likeness (QED) is 0.0637. The van der Waals surface area contributed by atoms with E-state index in [2.05, 4.69) is 10.6 Å². The van der Waals surface area contributed by atoms with Crippen molar-refractivity contribution in [1.29, 1.82) is 0 Å². The average molecular weight is 917 g/mol. The van der Waals surface area contributed by atoms with E-state index < -0.39 is 90.4 Å². The van der Waals surface area contributed by atoms with Crippen molar-refractivity contribution in [2.45, 2.75) is 193 Å². The van der Waals surface area contributed by atoms with Crippen LogP contribution in [0.25, 0.3) is 0 Å². The Hall–Kier alpha value is -2.46. The highest BCUT2D eigenvalue weighted by atomic mass is 16.7. The van der Waals surface area contributed by atoms with Gasteiger partial charge < -0.3 is 73.9 Å². The van der Waals surface area contributed by atoms with Crippen LogP contribution in [-0.4, -0.2) is 179 Å². The van der Waals surface area contributed by atoms with Gasteiger partial charge in [0.2, 0.25) is 0 Å². The minimum Gasteiger partial charge on any atom is -0.467 e. The number of esters is 1. The number of rotatable bonds is 18. The molecule has 18 heteroatoms. The molecule has 0 radical (unpaired) electrons. The number of aliphatic hydroxyl groups excluding tert-OH is 3. The number of nitrogens with zero attached hydrogens (tertiary/aromatic N) is 2. The fourth-order valence-corrected chi connectivity index (χ4v) is 9.17. The van der Waals surface area contributed by atoms with E-state index in [1.54, 1.807) is 60.6 Å². The van der Waals surface area contributed by atoms with Crippen LogP contribution in [0.2, 0.25) is 0 Å². The lowest BCUT2D eigenvalue weighted by molar-refractivity contribution is -0.306. The van der Waals surface area contributed by atoms with Crippen molar-refractivity contribution in [3.05, 3.63) is 24.2 Å². The average Bonchev–Trinajstić information content (AvgIpc) is 3.76. The van der Waals surface area contributed by atoms with Gasteiger partial charge in [-0.15, -0.1) is 0 Å². The van der Waals surface area contributed by atoms with Crippen LogP contribution in [-0.2, 0) is 39.8 Å². The Morgan fingerprint density at radius 1 is 1.09 bits per heavy atom. The molecule has 3 rings (SSSR count). The van der Waals surface area contributed by atoms with E-state index in [0.29, 0.717) is 38.2 Å². The lowest BCUT2D eigenvalue weighted by Crippen LogP contribution is -2.59. The Bertz CT molecular complexity index is 1500. The van der Waals surface area contributed by atoms with Crippen LogP contribution >= 0.6 is 0 Å². The minimum absolute atomic E-state index is 0.145. The Morgan fingerprint density at radius 2 is 1.78 bits per heavy atom. The standard InChI is InChI=1S/C46H84N4O14/c1-14-36-46(10,57)40(53)31(6)50(20-16-19-47-44(55)48-25-34-17-15-21-59-34)26-27(2)24-45(9,56)41(64-43-38(52)35(49(11)12)23-28(3)60-43)29(4)39(30(5)42(54)62-36)63-37(18-22-58-13)61-33(8)32(7)51/h15,17,21,27-33,35-41,43,51-53,56-57H,14,16,18-20,22-26H2,1-13H3,(H2,47,48,55)/t27-,28-,29+,30-,31-,32-,33+,35+,36-,37+,38-,39+,40-,41-,43+,45-,46-/m1/s1. The van der Waals surface area contributed by atoms with Gasteiger partial charge in [0, 0.05) is 51.2 Å². The first-order valence-electron chi connectivity index (χ1n) is 23.2. The summed E-state index contributed by atoms with van der Waals surface area (Å²) in [6, 6.07) is 2.13. The molecule has 372 valence electrons. The van der Waals surface area contributed by atoms with Crippen molar-refractivity contribution in [3.63, 3.8) is 0 Å². The summed E-state index contributed by atoms with van der Waals surface area (Å²) in [4.78, 5) is 31.0. The predicted octanol–water partition coefficient (Wildman–Crippen LogP) is 3.00. The fraction of sp³-hybridized carbons (Fsp3) is 0.870. The van der Waals surface area contributed by atoms with Gasteiger partial charge in [-0.2, -0.15) is 0 Å². The van der Waals surface area contributed by atoms with Gasteiger partial charge in [-0.1, -0.05) is 20.8 Å². The van der Waals surface area contributed by atoms with Crippen LogP contribution in [0.15, 0.2) is 22.8 Å². The Labute approximate surface area is 381 Å². The molecule has 2 amide bonds. The number of urea groups is 1. The summed E-state index contributed by atoms with van der Waals surface area (Å²) < 4.78 is 42.8. The first-order chi connectivity index (χ1) is 29.9. The number of cyclic esters (lactones) is 1. The largest absolute Gasteiger partial charge is 0.467 e.